The van der Waals surface area contributed by atoms with E-state index < -0.39 is 21.3 Å². The van der Waals surface area contributed by atoms with Crippen molar-refractivity contribution in [2.75, 3.05) is 0 Å². The minimum absolute atomic E-state index is 0. The van der Waals surface area contributed by atoms with Crippen molar-refractivity contribution in [3.63, 3.8) is 0 Å². The molecular formula is C54H60Cl4Zr. The molecule has 0 spiro atoms. The van der Waals surface area contributed by atoms with Gasteiger partial charge >= 0.3 is 364 Å². The largest absolute Gasteiger partial charge is 1.00 e. The molecule has 0 saturated carbocycles. The Balaban J connectivity index is 0.00000293. The molecule has 308 valence electrons. The van der Waals surface area contributed by atoms with Crippen LogP contribution >= 0.6 is 23.2 Å². The molecule has 1 atom stereocenters. The van der Waals surface area contributed by atoms with Gasteiger partial charge in [-0.1, -0.05) is 0 Å². The fourth-order valence-electron chi connectivity index (χ4n) is 10.2. The van der Waals surface area contributed by atoms with E-state index in [0.717, 1.165) is 10.0 Å². The zero-order valence-electron chi connectivity index (χ0n) is 37.4. The molecule has 0 aliphatic heterocycles. The Morgan fingerprint density at radius 2 is 1.00 bits per heavy atom. The molecule has 59 heavy (non-hydrogen) atoms. The minimum atomic E-state index is -3.19. The van der Waals surface area contributed by atoms with Gasteiger partial charge in [0.25, 0.3) is 0 Å². The van der Waals surface area contributed by atoms with Crippen LogP contribution in [0.3, 0.4) is 0 Å². The molecule has 5 heteroatoms. The van der Waals surface area contributed by atoms with Crippen molar-refractivity contribution in [1.82, 2.24) is 0 Å². The van der Waals surface area contributed by atoms with Gasteiger partial charge in [-0.2, -0.15) is 0 Å². The number of hydrogen-bond acceptors (Lipinski definition) is 0. The average molecular weight is 942 g/mol. The smallest absolute Gasteiger partial charge is 1.00 e. The summed E-state index contributed by atoms with van der Waals surface area (Å²) in [6, 6.07) is 27.9. The van der Waals surface area contributed by atoms with Gasteiger partial charge in [-0.25, -0.2) is 0 Å². The van der Waals surface area contributed by atoms with Crippen LogP contribution in [0.15, 0.2) is 106 Å². The van der Waals surface area contributed by atoms with Gasteiger partial charge in [0, 0.05) is 0 Å². The van der Waals surface area contributed by atoms with Crippen LogP contribution in [-0.4, -0.2) is 3.21 Å². The fourth-order valence-corrected chi connectivity index (χ4v) is 19.9. The van der Waals surface area contributed by atoms with E-state index in [1.54, 1.807) is 3.28 Å². The van der Waals surface area contributed by atoms with Crippen LogP contribution in [0.5, 0.6) is 0 Å². The Morgan fingerprint density at radius 3 is 1.36 bits per heavy atom. The summed E-state index contributed by atoms with van der Waals surface area (Å²) in [5, 5.41) is 1.54. The predicted octanol–water partition coefficient (Wildman–Crippen LogP) is 9.91. The normalized spacial score (nSPS) is 18.5. The van der Waals surface area contributed by atoms with Crippen molar-refractivity contribution < 1.29 is 46.1 Å². The summed E-state index contributed by atoms with van der Waals surface area (Å²) in [5.41, 5.74) is 18.4. The van der Waals surface area contributed by atoms with E-state index in [-0.39, 0.29) is 55.5 Å². The Morgan fingerprint density at radius 1 is 0.576 bits per heavy atom. The maximum atomic E-state index is 6.94. The van der Waals surface area contributed by atoms with Gasteiger partial charge in [0.2, 0.25) is 0 Å². The summed E-state index contributed by atoms with van der Waals surface area (Å²) in [6.07, 6.45) is 10.3. The van der Waals surface area contributed by atoms with Crippen LogP contribution < -0.4 is 24.8 Å². The molecule has 0 saturated heterocycles. The van der Waals surface area contributed by atoms with Crippen molar-refractivity contribution in [3.8, 4) is 11.1 Å². The summed E-state index contributed by atoms with van der Waals surface area (Å²) in [4.78, 5) is 0. The van der Waals surface area contributed by atoms with E-state index >= 15 is 0 Å². The SMILES string of the molecule is CC1C=C(C(C)(C)C)C=[C]1[Zr+2](=[C](c1cccc(Cl)c1)c1cccc(Cl)c1)[CH]1c2cc3c(cc2-c2cc4c(cc21)C(C)(C)C=C4C(C)(C)C)C(C(C)(C)C)=CC3(C)C.[Cl-].[Cl-]. The van der Waals surface area contributed by atoms with Gasteiger partial charge in [-0.3, -0.25) is 0 Å². The van der Waals surface area contributed by atoms with Gasteiger partial charge in [-0.05, 0) is 0 Å². The molecule has 4 aromatic carbocycles. The first kappa shape index (κ1) is 46.3. The summed E-state index contributed by atoms with van der Waals surface area (Å²) in [7, 11) is 0. The van der Waals surface area contributed by atoms with E-state index in [9.17, 15) is 0 Å². The molecule has 0 radical (unpaired) electrons. The molecule has 0 N–H and O–H groups in total. The molecule has 0 nitrogen and oxygen atoms in total. The molecule has 8 rings (SSSR count). The molecular weight excluding hydrogens is 882 g/mol. The number of halogens is 4. The van der Waals surface area contributed by atoms with Crippen LogP contribution in [0.2, 0.25) is 10.0 Å². The first-order valence-corrected chi connectivity index (χ1v) is 25.5. The van der Waals surface area contributed by atoms with E-state index in [1.807, 2.05) is 12.1 Å². The van der Waals surface area contributed by atoms with Crippen LogP contribution in [-0.2, 0) is 32.1 Å². The zero-order valence-corrected chi connectivity index (χ0v) is 42.9. The van der Waals surface area contributed by atoms with Crippen molar-refractivity contribution >= 4 is 37.6 Å². The van der Waals surface area contributed by atoms with Crippen LogP contribution in [0.1, 0.15) is 145 Å². The summed E-state index contributed by atoms with van der Waals surface area (Å²) in [5.74, 6) is 0.328. The summed E-state index contributed by atoms with van der Waals surface area (Å²) >= 11 is 10.7. The summed E-state index contributed by atoms with van der Waals surface area (Å²) < 4.78 is 3.35. The number of fused-ring (bicyclic) bond motifs is 5. The fraction of sp³-hybridized carbons (Fsp3) is 0.389. The summed E-state index contributed by atoms with van der Waals surface area (Å²) in [6.45, 7) is 33.5. The average Bonchev–Trinajstić information content (AvgIpc) is 3.79. The second kappa shape index (κ2) is 15.5. The third-order valence-electron chi connectivity index (χ3n) is 13.1. The third kappa shape index (κ3) is 8.02. The monoisotopic (exact) mass is 938 g/mol. The van der Waals surface area contributed by atoms with E-state index in [4.69, 9.17) is 23.2 Å². The topological polar surface area (TPSA) is 0 Å². The van der Waals surface area contributed by atoms with Crippen molar-refractivity contribution in [1.29, 1.82) is 0 Å². The van der Waals surface area contributed by atoms with Crippen LogP contribution in [0.25, 0.3) is 22.3 Å². The van der Waals surface area contributed by atoms with Gasteiger partial charge < -0.3 is 24.8 Å². The molecule has 0 aromatic heterocycles. The second-order valence-corrected chi connectivity index (χ2v) is 28.5. The number of rotatable bonds is 4. The molecule has 4 aliphatic rings. The Labute approximate surface area is 385 Å². The number of hydrogen-bond donors (Lipinski definition) is 0. The first-order chi connectivity index (χ1) is 26.4. The quantitative estimate of drug-likeness (QED) is 0.191. The number of allylic oxidation sites excluding steroid dienone is 8. The molecule has 1 unspecified atom stereocenters. The molecule has 4 aromatic rings. The van der Waals surface area contributed by atoms with Crippen molar-refractivity contribution in [2.24, 2.45) is 22.2 Å². The van der Waals surface area contributed by atoms with E-state index in [0.29, 0.717) is 5.92 Å². The second-order valence-electron chi connectivity index (χ2n) is 21.5. The maximum Gasteiger partial charge on any atom is -1.00 e. The molecule has 0 bridgehead atoms. The Bertz CT molecular complexity index is 2400. The van der Waals surface area contributed by atoms with Gasteiger partial charge in [0.05, 0.1) is 0 Å². The zero-order chi connectivity index (χ0) is 41.4. The predicted molar refractivity (Wildman–Crippen MR) is 246 cm³/mol. The Kier molecular flexibility index (Phi) is 12.2. The van der Waals surface area contributed by atoms with Crippen molar-refractivity contribution in [3.05, 3.63) is 161 Å². The minimum Gasteiger partial charge on any atom is -1.00 e. The van der Waals surface area contributed by atoms with Gasteiger partial charge in [-0.15, -0.1) is 0 Å². The molecule has 0 fully saturated rings. The molecule has 0 amide bonds. The molecule has 0 heterocycles. The van der Waals surface area contributed by atoms with Crippen molar-refractivity contribution in [2.45, 2.75) is 111 Å². The maximum absolute atomic E-state index is 6.94. The Hall–Kier alpha value is -2.25. The third-order valence-corrected chi connectivity index (χ3v) is 22.2. The standard InChI is InChI=1S/C31H37.C13H8Cl2.C10H15.2ClH.Zr/c1-28(2,3)26-16-30(7,8)24-12-18-11-19-13-25-23(15-21(19)20(18)14-22(24)26)27(29(4,5)6)17-31(25,9)10;14-12-5-1-3-10(8-12)7-11-4-2-6-13(15)9-11;1-8-5-6-9(7-8)10(2,3)4;;;/h11-17H,1-10H3;1-6,8-9H;6-8H,1-4H3;2*1H;/q;;;;;+2/p-2. The first-order valence-electron chi connectivity index (χ1n) is 20.9. The number of benzene rings is 4. The van der Waals surface area contributed by atoms with E-state index in [1.165, 1.54) is 75.6 Å². The van der Waals surface area contributed by atoms with Gasteiger partial charge in [0.1, 0.15) is 0 Å². The molecule has 4 aliphatic carbocycles. The van der Waals surface area contributed by atoms with E-state index in [2.05, 4.69) is 182 Å². The van der Waals surface area contributed by atoms with Crippen LogP contribution in [0, 0.1) is 22.2 Å². The van der Waals surface area contributed by atoms with Gasteiger partial charge in [0.15, 0.2) is 0 Å². The van der Waals surface area contributed by atoms with Crippen LogP contribution in [0.4, 0.5) is 0 Å².